The first-order valence-corrected chi connectivity index (χ1v) is 21.7. The third kappa shape index (κ3) is 4.84. The van der Waals surface area contributed by atoms with Crippen molar-refractivity contribution in [3.8, 4) is 0 Å². The van der Waals surface area contributed by atoms with Crippen LogP contribution in [0.4, 0.5) is 0 Å². The SMILES string of the molecule is Br.Br.[CH3][Zr]([CH3])(=[SiH2])(=[SiH2])[C]1=CC=CC1. The zero-order valence-electron chi connectivity index (χ0n) is 7.67. The molecule has 0 aromatic carbocycles. The second-order valence-corrected chi connectivity index (χ2v) is 53.5. The van der Waals surface area contributed by atoms with Gasteiger partial charge in [0.2, 0.25) is 0 Å². The molecule has 71 valence electrons. The molecular weight excluding hydrogens is 391 g/mol. The van der Waals surface area contributed by atoms with E-state index >= 15 is 0 Å². The molecule has 0 bridgehead atoms. The van der Waals surface area contributed by atoms with Crippen LogP contribution < -0.4 is 0 Å². The summed E-state index contributed by atoms with van der Waals surface area (Å²) < 4.78 is 6.78. The van der Waals surface area contributed by atoms with Gasteiger partial charge in [-0.15, -0.1) is 34.0 Å². The summed E-state index contributed by atoms with van der Waals surface area (Å²) in [4.78, 5) is 0. The summed E-state index contributed by atoms with van der Waals surface area (Å²) in [6, 6.07) is 0. The molecule has 1 aliphatic carbocycles. The minimum absolute atomic E-state index is 0. The van der Waals surface area contributed by atoms with Gasteiger partial charge in [0.1, 0.15) is 0 Å². The van der Waals surface area contributed by atoms with Gasteiger partial charge in [-0.25, -0.2) is 0 Å². The predicted octanol–water partition coefficient (Wildman–Crippen LogP) is 1.87. The fourth-order valence-corrected chi connectivity index (χ4v) is 7.82. The van der Waals surface area contributed by atoms with E-state index in [1.54, 1.807) is 3.28 Å². The van der Waals surface area contributed by atoms with Crippen molar-refractivity contribution in [1.82, 2.24) is 0 Å². The Morgan fingerprint density at radius 2 is 1.75 bits per heavy atom. The van der Waals surface area contributed by atoms with Gasteiger partial charge in [0.05, 0.1) is 0 Å². The van der Waals surface area contributed by atoms with E-state index in [4.69, 9.17) is 0 Å². The van der Waals surface area contributed by atoms with E-state index in [0.29, 0.717) is 0 Å². The van der Waals surface area contributed by atoms with Crippen LogP contribution in [0, 0.1) is 0 Å². The van der Waals surface area contributed by atoms with Crippen molar-refractivity contribution in [2.24, 2.45) is 0 Å². The van der Waals surface area contributed by atoms with Crippen molar-refractivity contribution < 1.29 is 16.0 Å². The fraction of sp³-hybridized carbons (Fsp3) is 0.429. The van der Waals surface area contributed by atoms with Gasteiger partial charge in [0.25, 0.3) is 0 Å². The van der Waals surface area contributed by atoms with Crippen molar-refractivity contribution in [3.05, 3.63) is 21.5 Å². The van der Waals surface area contributed by atoms with Gasteiger partial charge in [-0.3, -0.25) is 0 Å². The Hall–Kier alpha value is 1.76. The van der Waals surface area contributed by atoms with Crippen molar-refractivity contribution >= 4 is 47.7 Å². The fourth-order valence-electron chi connectivity index (χ4n) is 1.08. The van der Waals surface area contributed by atoms with Gasteiger partial charge in [0.15, 0.2) is 0 Å². The summed E-state index contributed by atoms with van der Waals surface area (Å²) in [6.45, 7) is 4.58. The van der Waals surface area contributed by atoms with E-state index in [9.17, 15) is 0 Å². The predicted molar refractivity (Wildman–Crippen MR) is 71.3 cm³/mol. The Morgan fingerprint density at radius 1 is 1.25 bits per heavy atom. The number of halogens is 2. The molecule has 0 radical (unpaired) electrons. The Balaban J connectivity index is 0. The molecule has 0 atom stereocenters. The number of rotatable bonds is 1. The molecule has 0 aliphatic heterocycles. The third-order valence-electron chi connectivity index (χ3n) is 1.87. The summed E-state index contributed by atoms with van der Waals surface area (Å²) in [5, 5.41) is 0. The van der Waals surface area contributed by atoms with Crippen LogP contribution in [0.3, 0.4) is 0 Å². The molecule has 0 heterocycles. The molecule has 5 heteroatoms. The number of hydrogen-bond acceptors (Lipinski definition) is 0. The van der Waals surface area contributed by atoms with Crippen LogP contribution >= 0.6 is 34.0 Å². The topological polar surface area (TPSA) is 0 Å². The minimum atomic E-state index is -2.15. The molecule has 1 aliphatic rings. The van der Waals surface area contributed by atoms with E-state index in [0.717, 1.165) is 0 Å². The zero-order chi connectivity index (χ0) is 7.85. The van der Waals surface area contributed by atoms with Crippen LogP contribution in [0.1, 0.15) is 6.42 Å². The summed E-state index contributed by atoms with van der Waals surface area (Å²) in [7, 11) is 0. The Labute approximate surface area is 99.6 Å². The molecule has 1 rings (SSSR count). The molecule has 0 fully saturated rings. The molecule has 0 amide bonds. The molecular formula is C7H17Br2Si2Zr. The second kappa shape index (κ2) is 5.01. The number of allylic oxidation sites excluding steroid dienone is 4. The Morgan fingerprint density at radius 3 is 1.92 bits per heavy atom. The van der Waals surface area contributed by atoms with Crippen LogP contribution in [0.25, 0.3) is 0 Å². The molecule has 0 spiro atoms. The quantitative estimate of drug-likeness (QED) is 0.582. The van der Waals surface area contributed by atoms with Crippen LogP contribution in [0.15, 0.2) is 21.5 Å². The normalized spacial score (nSPS) is 16.1. The Bertz CT molecular complexity index is 324. The third-order valence-corrected chi connectivity index (χ3v) is 13.5. The van der Waals surface area contributed by atoms with Crippen molar-refractivity contribution in [1.29, 1.82) is 0 Å². The van der Waals surface area contributed by atoms with Crippen molar-refractivity contribution in [3.63, 3.8) is 0 Å². The van der Waals surface area contributed by atoms with Crippen LogP contribution in [0.5, 0.6) is 0 Å². The van der Waals surface area contributed by atoms with Gasteiger partial charge in [-0.1, -0.05) is 0 Å². The molecule has 0 N–H and O–H groups in total. The molecule has 12 heavy (non-hydrogen) atoms. The van der Waals surface area contributed by atoms with E-state index in [2.05, 4.69) is 41.3 Å². The van der Waals surface area contributed by atoms with Gasteiger partial charge >= 0.3 is 67.0 Å². The first-order valence-electron chi connectivity index (χ1n) is 3.67. The zero-order valence-corrected chi connectivity index (χ0v) is 16.4. The molecule has 0 aromatic rings. The maximum atomic E-state index is 2.51. The van der Waals surface area contributed by atoms with E-state index in [1.165, 1.54) is 6.42 Å². The van der Waals surface area contributed by atoms with Crippen LogP contribution in [0.2, 0.25) is 9.26 Å². The average Bonchev–Trinajstić information content (AvgIpc) is 2.04. The summed E-state index contributed by atoms with van der Waals surface area (Å²) in [5.74, 6) is 0. The van der Waals surface area contributed by atoms with Gasteiger partial charge in [-0.05, 0) is 0 Å². The van der Waals surface area contributed by atoms with Gasteiger partial charge < -0.3 is 0 Å². The maximum absolute atomic E-state index is 2.51. The molecule has 0 saturated carbocycles. The van der Waals surface area contributed by atoms with E-state index in [-0.39, 0.29) is 34.0 Å². The first kappa shape index (κ1) is 16.2. The number of hydrogen-bond donors (Lipinski definition) is 0. The molecule has 0 nitrogen and oxygen atoms in total. The van der Waals surface area contributed by atoms with E-state index < -0.39 is 16.0 Å². The van der Waals surface area contributed by atoms with Gasteiger partial charge in [0, 0.05) is 0 Å². The van der Waals surface area contributed by atoms with E-state index in [1.807, 2.05) is 0 Å². The first-order chi connectivity index (χ1) is 4.36. The van der Waals surface area contributed by atoms with Crippen LogP contribution in [-0.2, 0) is 16.0 Å². The molecule has 0 saturated heterocycles. The average molecular weight is 408 g/mol. The Kier molecular flexibility index (Phi) is 6.76. The molecule has 0 unspecified atom stereocenters. The van der Waals surface area contributed by atoms with Crippen LogP contribution in [-0.4, -0.2) is 13.8 Å². The second-order valence-electron chi connectivity index (χ2n) is 4.34. The van der Waals surface area contributed by atoms with Crippen molar-refractivity contribution in [2.45, 2.75) is 15.7 Å². The summed E-state index contributed by atoms with van der Waals surface area (Å²) in [5.41, 5.74) is 0. The van der Waals surface area contributed by atoms with Crippen molar-refractivity contribution in [2.75, 3.05) is 0 Å². The standard InChI is InChI=1S/C5H5.2CH3.2BrH.2H2Si.Zr/c1-2-4-5-3-1;;;;;;;/h1-3H,4H2;2*1H3;2*1H;2*1H2;. The monoisotopic (exact) mass is 405 g/mol. The summed E-state index contributed by atoms with van der Waals surface area (Å²) in [6.07, 6.45) is 8.06. The molecule has 0 aromatic heterocycles. The summed E-state index contributed by atoms with van der Waals surface area (Å²) >= 11 is -2.15. The van der Waals surface area contributed by atoms with Gasteiger partial charge in [-0.2, -0.15) is 0 Å².